The van der Waals surface area contributed by atoms with Gasteiger partial charge in [0.25, 0.3) is 6.71 Å². The minimum atomic E-state index is 0.197. The molecule has 0 atom stereocenters. The van der Waals surface area contributed by atoms with Gasteiger partial charge in [0.15, 0.2) is 0 Å². The summed E-state index contributed by atoms with van der Waals surface area (Å²) in [6, 6.07) is 6.75. The van der Waals surface area contributed by atoms with Crippen LogP contribution in [0.15, 0.2) is 18.2 Å². The normalized spacial score (nSPS) is 19.8. The second-order valence-electron chi connectivity index (χ2n) is 5.48. The van der Waals surface area contributed by atoms with Crippen molar-refractivity contribution in [1.82, 2.24) is 4.90 Å². The molecule has 0 bridgehead atoms. The Bertz CT molecular complexity index is 486. The molecule has 3 nitrogen and oxygen atoms in total. The highest BCUT2D eigenvalue weighted by atomic mass is 15.2. The Labute approximate surface area is 109 Å². The topological polar surface area (TPSA) is 30.3 Å². The van der Waals surface area contributed by atoms with Gasteiger partial charge in [-0.1, -0.05) is 11.6 Å². The number of fused-ring (bicyclic) bond motifs is 1. The van der Waals surface area contributed by atoms with Crippen molar-refractivity contribution in [2.45, 2.75) is 12.6 Å². The fourth-order valence-corrected chi connectivity index (χ4v) is 2.96. The third-order valence-corrected chi connectivity index (χ3v) is 4.17. The van der Waals surface area contributed by atoms with Crippen molar-refractivity contribution < 1.29 is 0 Å². The summed E-state index contributed by atoms with van der Waals surface area (Å²) in [5.41, 5.74) is 4.10. The van der Waals surface area contributed by atoms with E-state index >= 15 is 0 Å². The minimum Gasteiger partial charge on any atom is -0.369 e. The molecule has 1 fully saturated rings. The Morgan fingerprint density at radius 1 is 1.11 bits per heavy atom. The summed E-state index contributed by atoms with van der Waals surface area (Å²) in [5, 5.41) is 9.02. The van der Waals surface area contributed by atoms with Crippen molar-refractivity contribution >= 4 is 12.4 Å². The lowest BCUT2D eigenvalue weighted by Gasteiger charge is -2.34. The molecular weight excluding hydrogens is 221 g/mol. The van der Waals surface area contributed by atoms with Crippen LogP contribution in [0.2, 0.25) is 0 Å². The van der Waals surface area contributed by atoms with Crippen LogP contribution in [0.1, 0.15) is 11.1 Å². The zero-order valence-electron chi connectivity index (χ0n) is 10.9. The summed E-state index contributed by atoms with van der Waals surface area (Å²) < 4.78 is 0. The van der Waals surface area contributed by atoms with Gasteiger partial charge < -0.3 is 9.80 Å². The zero-order chi connectivity index (χ0) is 12.5. The van der Waals surface area contributed by atoms with Gasteiger partial charge in [-0.2, -0.15) is 0 Å². The maximum Gasteiger partial charge on any atom is 0.276 e. The van der Waals surface area contributed by atoms with Crippen molar-refractivity contribution in [3.63, 3.8) is 0 Å². The number of nitriles is 1. The first-order valence-electron chi connectivity index (χ1n) is 6.71. The van der Waals surface area contributed by atoms with Crippen molar-refractivity contribution in [3.8, 4) is 5.97 Å². The van der Waals surface area contributed by atoms with Gasteiger partial charge in [0.2, 0.25) is 0 Å². The monoisotopic (exact) mass is 239 g/mol. The molecule has 2 aliphatic heterocycles. The van der Waals surface area contributed by atoms with Gasteiger partial charge in [0.05, 0.1) is 0 Å². The molecule has 18 heavy (non-hydrogen) atoms. The molecule has 2 aliphatic rings. The number of hydrogen-bond acceptors (Lipinski definition) is 3. The van der Waals surface area contributed by atoms with Crippen LogP contribution in [0.3, 0.4) is 0 Å². The maximum atomic E-state index is 9.02. The average molecular weight is 239 g/mol. The summed E-state index contributed by atoms with van der Waals surface area (Å²) >= 11 is 0. The van der Waals surface area contributed by atoms with E-state index < -0.39 is 0 Å². The van der Waals surface area contributed by atoms with Crippen LogP contribution in [0, 0.1) is 11.2 Å². The number of rotatable bonds is 1. The molecule has 2 heterocycles. The molecule has 0 aliphatic carbocycles. The van der Waals surface area contributed by atoms with Crippen LogP contribution in [0.25, 0.3) is 0 Å². The molecule has 1 saturated heterocycles. The molecule has 1 aromatic carbocycles. The molecular formula is C14H18BN3. The standard InChI is InChI=1S/C14H18BN3/c1-17-4-6-18(7-5-17)14-3-2-12-9-15(11-16)10-13(12)8-14/h2-3,8H,4-7,9-10H2,1H3. The SMILES string of the molecule is CN1CCN(c2ccc3c(c2)CB(C#N)C3)CC1. The summed E-state index contributed by atoms with van der Waals surface area (Å²) in [4.78, 5) is 4.83. The van der Waals surface area contributed by atoms with E-state index in [1.165, 1.54) is 16.8 Å². The fourth-order valence-electron chi connectivity index (χ4n) is 2.96. The van der Waals surface area contributed by atoms with E-state index in [9.17, 15) is 0 Å². The van der Waals surface area contributed by atoms with Crippen LogP contribution in [0.5, 0.6) is 0 Å². The average Bonchev–Trinajstić information content (AvgIpc) is 2.81. The molecule has 92 valence electrons. The third-order valence-electron chi connectivity index (χ3n) is 4.17. The predicted octanol–water partition coefficient (Wildman–Crippen LogP) is 1.17. The first-order valence-corrected chi connectivity index (χ1v) is 6.71. The summed E-state index contributed by atoms with van der Waals surface area (Å²) in [5.74, 6) is 2.40. The lowest BCUT2D eigenvalue weighted by Crippen LogP contribution is -2.44. The Balaban J connectivity index is 1.78. The maximum absolute atomic E-state index is 9.02. The molecule has 0 spiro atoms. The van der Waals surface area contributed by atoms with Gasteiger partial charge in [-0.15, -0.1) is 0 Å². The molecule has 0 unspecified atom stereocenters. The molecule has 1 aromatic rings. The molecule has 3 rings (SSSR count). The van der Waals surface area contributed by atoms with Gasteiger partial charge in [0, 0.05) is 37.8 Å². The van der Waals surface area contributed by atoms with Gasteiger partial charge in [0.1, 0.15) is 0 Å². The molecule has 0 aromatic heterocycles. The molecule has 4 heteroatoms. The van der Waals surface area contributed by atoms with Crippen LogP contribution < -0.4 is 4.90 Å². The summed E-state index contributed by atoms with van der Waals surface area (Å²) in [6.07, 6.45) is 1.88. The van der Waals surface area contributed by atoms with Crippen LogP contribution in [0.4, 0.5) is 5.69 Å². The quantitative estimate of drug-likeness (QED) is 0.689. The summed E-state index contributed by atoms with van der Waals surface area (Å²) in [6.45, 7) is 4.69. The van der Waals surface area contributed by atoms with Gasteiger partial charge in [-0.3, -0.25) is 0 Å². The number of benzene rings is 1. The number of likely N-dealkylation sites (N-methyl/N-ethyl adjacent to an activating group) is 1. The fraction of sp³-hybridized carbons (Fsp3) is 0.500. The third kappa shape index (κ3) is 2.11. The Morgan fingerprint density at radius 3 is 2.56 bits per heavy atom. The van der Waals surface area contributed by atoms with E-state index in [-0.39, 0.29) is 6.71 Å². The number of hydrogen-bond donors (Lipinski definition) is 0. The Morgan fingerprint density at radius 2 is 1.83 bits per heavy atom. The molecule has 0 N–H and O–H groups in total. The van der Waals surface area contributed by atoms with E-state index in [1.807, 2.05) is 0 Å². The van der Waals surface area contributed by atoms with E-state index in [1.54, 1.807) is 0 Å². The predicted molar refractivity (Wildman–Crippen MR) is 74.9 cm³/mol. The highest BCUT2D eigenvalue weighted by Crippen LogP contribution is 2.26. The lowest BCUT2D eigenvalue weighted by atomic mass is 9.49. The van der Waals surface area contributed by atoms with Crippen LogP contribution in [-0.2, 0) is 12.6 Å². The van der Waals surface area contributed by atoms with E-state index in [4.69, 9.17) is 5.26 Å². The molecule has 0 saturated carbocycles. The second kappa shape index (κ2) is 4.66. The van der Waals surface area contributed by atoms with E-state index in [0.717, 1.165) is 38.8 Å². The van der Waals surface area contributed by atoms with Gasteiger partial charge in [-0.25, -0.2) is 5.26 Å². The smallest absolute Gasteiger partial charge is 0.276 e. The highest BCUT2D eigenvalue weighted by molar-refractivity contribution is 6.67. The van der Waals surface area contributed by atoms with Gasteiger partial charge in [-0.05, 0) is 37.4 Å². The van der Waals surface area contributed by atoms with Crippen molar-refractivity contribution in [2.75, 3.05) is 38.1 Å². The largest absolute Gasteiger partial charge is 0.369 e. The first-order chi connectivity index (χ1) is 8.76. The zero-order valence-corrected chi connectivity index (χ0v) is 10.9. The Hall–Kier alpha value is -1.47. The van der Waals surface area contributed by atoms with Crippen molar-refractivity contribution in [3.05, 3.63) is 29.3 Å². The summed E-state index contributed by atoms with van der Waals surface area (Å²) in [7, 11) is 2.18. The van der Waals surface area contributed by atoms with Crippen LogP contribution in [-0.4, -0.2) is 44.8 Å². The van der Waals surface area contributed by atoms with Crippen molar-refractivity contribution in [1.29, 1.82) is 5.26 Å². The van der Waals surface area contributed by atoms with Gasteiger partial charge >= 0.3 is 0 Å². The Kier molecular flexibility index (Phi) is 3.01. The molecule has 0 amide bonds. The molecule has 0 radical (unpaired) electrons. The minimum absolute atomic E-state index is 0.197. The van der Waals surface area contributed by atoms with Crippen molar-refractivity contribution in [2.24, 2.45) is 0 Å². The van der Waals surface area contributed by atoms with E-state index in [0.29, 0.717) is 0 Å². The first kappa shape index (κ1) is 11.6. The number of nitrogens with zero attached hydrogens (tertiary/aromatic N) is 3. The number of anilines is 1. The number of piperazine rings is 1. The highest BCUT2D eigenvalue weighted by Gasteiger charge is 2.26. The second-order valence-corrected chi connectivity index (χ2v) is 5.48. The lowest BCUT2D eigenvalue weighted by molar-refractivity contribution is 0.313. The van der Waals surface area contributed by atoms with E-state index in [2.05, 4.69) is 41.0 Å². The van der Waals surface area contributed by atoms with Crippen LogP contribution >= 0.6 is 0 Å².